The molecule has 80 valence electrons. The molecule has 1 aromatic heterocycles. The van der Waals surface area contributed by atoms with E-state index < -0.39 is 5.97 Å². The van der Waals surface area contributed by atoms with Gasteiger partial charge in [0.25, 0.3) is 0 Å². The molecule has 1 aliphatic rings. The molecule has 1 heterocycles. The number of hydrogen-bond donors (Lipinski definition) is 1. The third-order valence-corrected chi connectivity index (χ3v) is 3.11. The maximum absolute atomic E-state index is 10.8. The number of hydrogen-bond acceptors (Lipinski definition) is 2. The lowest BCUT2D eigenvalue weighted by atomic mass is 9.88. The van der Waals surface area contributed by atoms with Gasteiger partial charge in [-0.15, -0.1) is 0 Å². The topological polar surface area (TPSA) is 50.2 Å². The monoisotopic (exact) mass is 225 g/mol. The average Bonchev–Trinajstić information content (AvgIpc) is 2.15. The van der Waals surface area contributed by atoms with Crippen molar-refractivity contribution >= 4 is 17.6 Å². The third kappa shape index (κ3) is 1.97. The highest BCUT2D eigenvalue weighted by molar-refractivity contribution is 6.32. The first kappa shape index (κ1) is 10.4. The van der Waals surface area contributed by atoms with Crippen molar-refractivity contribution in [3.8, 4) is 0 Å². The van der Waals surface area contributed by atoms with Gasteiger partial charge in [0.1, 0.15) is 5.15 Å². The molecule has 0 amide bonds. The van der Waals surface area contributed by atoms with Crippen molar-refractivity contribution in [1.82, 2.24) is 4.98 Å². The minimum Gasteiger partial charge on any atom is -0.478 e. The van der Waals surface area contributed by atoms with E-state index in [0.717, 1.165) is 30.5 Å². The highest BCUT2D eigenvalue weighted by Crippen LogP contribution is 2.27. The van der Waals surface area contributed by atoms with Crippen LogP contribution in [0.25, 0.3) is 0 Å². The normalized spacial score (nSPS) is 19.7. The largest absolute Gasteiger partial charge is 0.478 e. The number of pyridine rings is 1. The number of carbonyl (C=O) groups is 1. The zero-order chi connectivity index (χ0) is 11.0. The Hall–Kier alpha value is -1.09. The predicted molar refractivity (Wildman–Crippen MR) is 57.4 cm³/mol. The number of rotatable bonds is 1. The Morgan fingerprint density at radius 2 is 2.40 bits per heavy atom. The Morgan fingerprint density at radius 3 is 3.07 bits per heavy atom. The van der Waals surface area contributed by atoms with Gasteiger partial charge >= 0.3 is 5.97 Å². The van der Waals surface area contributed by atoms with Crippen molar-refractivity contribution in [2.75, 3.05) is 0 Å². The van der Waals surface area contributed by atoms with Crippen molar-refractivity contribution in [1.29, 1.82) is 0 Å². The van der Waals surface area contributed by atoms with Crippen molar-refractivity contribution in [3.05, 3.63) is 28.0 Å². The summed E-state index contributed by atoms with van der Waals surface area (Å²) in [5, 5.41) is 9.00. The minimum atomic E-state index is -1.01. The van der Waals surface area contributed by atoms with Crippen molar-refractivity contribution in [3.63, 3.8) is 0 Å². The standard InChI is InChI=1S/C11H12ClNO2/c1-6-2-3-7-5-8(11(14)15)10(12)13-9(7)4-6/h5-6H,2-4H2,1H3,(H,14,15). The van der Waals surface area contributed by atoms with Gasteiger partial charge in [0, 0.05) is 5.69 Å². The lowest BCUT2D eigenvalue weighted by Gasteiger charge is -2.20. The van der Waals surface area contributed by atoms with Gasteiger partial charge in [-0.05, 0) is 36.8 Å². The van der Waals surface area contributed by atoms with E-state index >= 15 is 0 Å². The van der Waals surface area contributed by atoms with Crippen LogP contribution in [0, 0.1) is 5.92 Å². The highest BCUT2D eigenvalue weighted by atomic mass is 35.5. The van der Waals surface area contributed by atoms with Crippen molar-refractivity contribution in [2.24, 2.45) is 5.92 Å². The molecule has 1 aliphatic carbocycles. The number of aromatic carboxylic acids is 1. The minimum absolute atomic E-state index is 0.107. The fourth-order valence-corrected chi connectivity index (χ4v) is 2.18. The summed E-state index contributed by atoms with van der Waals surface area (Å²) in [6.07, 6.45) is 2.89. The molecule has 1 unspecified atom stereocenters. The first-order valence-corrected chi connectivity index (χ1v) is 5.37. The number of carboxylic acid groups (broad SMARTS) is 1. The number of aryl methyl sites for hydroxylation is 1. The second-order valence-corrected chi connectivity index (χ2v) is 4.44. The first-order valence-electron chi connectivity index (χ1n) is 4.99. The molecule has 0 bridgehead atoms. The van der Waals surface area contributed by atoms with E-state index in [1.54, 1.807) is 6.07 Å². The molecule has 1 aromatic rings. The van der Waals surface area contributed by atoms with Gasteiger partial charge < -0.3 is 5.11 Å². The molecule has 3 nitrogen and oxygen atoms in total. The lowest BCUT2D eigenvalue weighted by Crippen LogP contribution is -2.15. The fraction of sp³-hybridized carbons (Fsp3) is 0.455. The van der Waals surface area contributed by atoms with Gasteiger partial charge in [0.05, 0.1) is 5.56 Å². The molecule has 0 aliphatic heterocycles. The molecular formula is C11H12ClNO2. The second kappa shape index (κ2) is 3.81. The molecule has 0 radical (unpaired) electrons. The third-order valence-electron chi connectivity index (χ3n) is 2.82. The van der Waals surface area contributed by atoms with Gasteiger partial charge in [-0.2, -0.15) is 0 Å². The van der Waals surface area contributed by atoms with E-state index in [0.29, 0.717) is 5.92 Å². The Bertz CT molecular complexity index is 417. The summed E-state index contributed by atoms with van der Waals surface area (Å²) in [5.41, 5.74) is 2.11. The molecule has 2 rings (SSSR count). The number of nitrogens with zero attached hydrogens (tertiary/aromatic N) is 1. The molecule has 0 aromatic carbocycles. The Labute approximate surface area is 93.1 Å². The van der Waals surface area contributed by atoms with Crippen LogP contribution in [0.5, 0.6) is 0 Å². The van der Waals surface area contributed by atoms with Crippen LogP contribution in [0.1, 0.15) is 35.0 Å². The summed E-state index contributed by atoms with van der Waals surface area (Å²) in [6, 6.07) is 1.67. The van der Waals surface area contributed by atoms with E-state index in [4.69, 9.17) is 16.7 Å². The molecule has 0 spiro atoms. The molecule has 1 N–H and O–H groups in total. The smallest absolute Gasteiger partial charge is 0.338 e. The first-order chi connectivity index (χ1) is 7.08. The van der Waals surface area contributed by atoms with Crippen LogP contribution in [0.15, 0.2) is 6.07 Å². The summed E-state index contributed by atoms with van der Waals surface area (Å²) >= 11 is 5.81. The van der Waals surface area contributed by atoms with E-state index in [-0.39, 0.29) is 10.7 Å². The molecule has 0 saturated carbocycles. The molecule has 0 fully saturated rings. The molecule has 15 heavy (non-hydrogen) atoms. The van der Waals surface area contributed by atoms with E-state index in [9.17, 15) is 4.79 Å². The van der Waals surface area contributed by atoms with Crippen molar-refractivity contribution in [2.45, 2.75) is 26.2 Å². The van der Waals surface area contributed by atoms with Crippen LogP contribution < -0.4 is 0 Å². The Morgan fingerprint density at radius 1 is 1.67 bits per heavy atom. The SMILES string of the molecule is CC1CCc2cc(C(=O)O)c(Cl)nc2C1. The average molecular weight is 226 g/mol. The van der Waals surface area contributed by atoms with E-state index in [1.165, 1.54) is 0 Å². The molecule has 1 atom stereocenters. The van der Waals surface area contributed by atoms with Crippen LogP contribution in [-0.2, 0) is 12.8 Å². The summed E-state index contributed by atoms with van der Waals surface area (Å²) in [7, 11) is 0. The molecular weight excluding hydrogens is 214 g/mol. The lowest BCUT2D eigenvalue weighted by molar-refractivity contribution is 0.0696. The second-order valence-electron chi connectivity index (χ2n) is 4.09. The van der Waals surface area contributed by atoms with Crippen LogP contribution >= 0.6 is 11.6 Å². The Balaban J connectivity index is 2.46. The summed E-state index contributed by atoms with van der Waals surface area (Å²) in [6.45, 7) is 2.17. The number of halogens is 1. The summed E-state index contributed by atoms with van der Waals surface area (Å²) in [5.74, 6) is -0.398. The maximum atomic E-state index is 10.8. The zero-order valence-corrected chi connectivity index (χ0v) is 9.21. The van der Waals surface area contributed by atoms with Crippen LogP contribution in [-0.4, -0.2) is 16.1 Å². The van der Waals surface area contributed by atoms with Gasteiger partial charge in [-0.25, -0.2) is 9.78 Å². The van der Waals surface area contributed by atoms with E-state index in [1.807, 2.05) is 0 Å². The van der Waals surface area contributed by atoms with Crippen LogP contribution in [0.2, 0.25) is 5.15 Å². The summed E-state index contributed by atoms with van der Waals surface area (Å²) < 4.78 is 0. The molecule has 4 heteroatoms. The van der Waals surface area contributed by atoms with Crippen LogP contribution in [0.4, 0.5) is 0 Å². The zero-order valence-electron chi connectivity index (χ0n) is 8.46. The maximum Gasteiger partial charge on any atom is 0.338 e. The fourth-order valence-electron chi connectivity index (χ4n) is 1.94. The highest BCUT2D eigenvalue weighted by Gasteiger charge is 2.20. The predicted octanol–water partition coefficient (Wildman–Crippen LogP) is 2.56. The molecule has 0 saturated heterocycles. The van der Waals surface area contributed by atoms with Gasteiger partial charge in [0.2, 0.25) is 0 Å². The number of fused-ring (bicyclic) bond motifs is 1. The van der Waals surface area contributed by atoms with Gasteiger partial charge in [-0.3, -0.25) is 0 Å². The quantitative estimate of drug-likeness (QED) is 0.748. The number of aromatic nitrogens is 1. The van der Waals surface area contributed by atoms with Crippen LogP contribution in [0.3, 0.4) is 0 Å². The number of carboxylic acids is 1. The van der Waals surface area contributed by atoms with Gasteiger partial charge in [0.15, 0.2) is 0 Å². The van der Waals surface area contributed by atoms with E-state index in [2.05, 4.69) is 11.9 Å². The Kier molecular flexibility index (Phi) is 2.65. The van der Waals surface area contributed by atoms with Gasteiger partial charge in [-0.1, -0.05) is 18.5 Å². The summed E-state index contributed by atoms with van der Waals surface area (Å²) in [4.78, 5) is 15.0. The van der Waals surface area contributed by atoms with Crippen molar-refractivity contribution < 1.29 is 9.90 Å².